The van der Waals surface area contributed by atoms with Crippen molar-refractivity contribution in [3.8, 4) is 0 Å². The summed E-state index contributed by atoms with van der Waals surface area (Å²) in [5, 5.41) is 4.35. The molecule has 1 N–H and O–H groups in total. The first kappa shape index (κ1) is 15.1. The predicted molar refractivity (Wildman–Crippen MR) is 85.0 cm³/mol. The van der Waals surface area contributed by atoms with E-state index < -0.39 is 0 Å². The van der Waals surface area contributed by atoms with Gasteiger partial charge in [-0.2, -0.15) is 0 Å². The minimum atomic E-state index is 0.403. The summed E-state index contributed by atoms with van der Waals surface area (Å²) < 4.78 is 10.9. The van der Waals surface area contributed by atoms with E-state index in [-0.39, 0.29) is 0 Å². The van der Waals surface area contributed by atoms with Crippen LogP contribution < -0.4 is 5.32 Å². The topological polar surface area (TPSA) is 33.7 Å². The van der Waals surface area contributed by atoms with E-state index in [1.807, 2.05) is 6.07 Å². The first-order valence-corrected chi connectivity index (χ1v) is 8.12. The number of rotatable bonds is 4. The van der Waals surface area contributed by atoms with E-state index >= 15 is 0 Å². The third kappa shape index (κ3) is 4.33. The number of benzene rings is 1. The zero-order chi connectivity index (χ0) is 14.5. The molecule has 0 radical (unpaired) electrons. The lowest BCUT2D eigenvalue weighted by Crippen LogP contribution is -2.35. The lowest BCUT2D eigenvalue weighted by Gasteiger charge is -2.27. The summed E-state index contributed by atoms with van der Waals surface area (Å²) in [5.41, 5.74) is 2.27. The molecule has 0 saturated carbocycles. The van der Waals surface area contributed by atoms with Crippen LogP contribution in [0.2, 0.25) is 5.02 Å². The van der Waals surface area contributed by atoms with Crippen LogP contribution in [0.15, 0.2) is 18.2 Å². The van der Waals surface area contributed by atoms with Crippen molar-refractivity contribution in [2.24, 2.45) is 0 Å². The smallest absolute Gasteiger partial charge is 0.0667 e. The van der Waals surface area contributed by atoms with Gasteiger partial charge < -0.3 is 14.8 Å². The van der Waals surface area contributed by atoms with Crippen LogP contribution >= 0.6 is 11.6 Å². The molecule has 3 rings (SSSR count). The minimum Gasteiger partial charge on any atom is -0.380 e. The van der Waals surface area contributed by atoms with E-state index in [9.17, 15) is 0 Å². The Bertz CT molecular complexity index is 458. The summed E-state index contributed by atoms with van der Waals surface area (Å²) in [7, 11) is 0. The molecule has 116 valence electrons. The van der Waals surface area contributed by atoms with Crippen molar-refractivity contribution in [2.45, 2.75) is 25.4 Å². The average Bonchev–Trinajstić information content (AvgIpc) is 2.52. The van der Waals surface area contributed by atoms with Crippen LogP contribution in [-0.2, 0) is 16.0 Å². The second-order valence-electron chi connectivity index (χ2n) is 5.75. The Kier molecular flexibility index (Phi) is 5.36. The Hall–Kier alpha value is -0.810. The van der Waals surface area contributed by atoms with Crippen LogP contribution in [0.3, 0.4) is 0 Å². The van der Waals surface area contributed by atoms with Crippen molar-refractivity contribution in [3.63, 3.8) is 0 Å². The molecule has 0 spiro atoms. The highest BCUT2D eigenvalue weighted by Gasteiger charge is 2.15. The van der Waals surface area contributed by atoms with Gasteiger partial charge in [-0.05, 0) is 30.5 Å². The maximum atomic E-state index is 6.44. The van der Waals surface area contributed by atoms with Crippen molar-refractivity contribution in [1.82, 2.24) is 4.90 Å². The summed E-state index contributed by atoms with van der Waals surface area (Å²) in [6.07, 6.45) is 2.29. The van der Waals surface area contributed by atoms with Crippen LogP contribution in [0.4, 0.5) is 5.69 Å². The molecule has 2 saturated heterocycles. The summed E-state index contributed by atoms with van der Waals surface area (Å²) in [6, 6.07) is 6.69. The summed E-state index contributed by atoms with van der Waals surface area (Å²) in [5.74, 6) is 0. The molecule has 0 bridgehead atoms. The normalized spacial score (nSPS) is 24.0. The molecule has 1 aromatic rings. The molecule has 1 aromatic carbocycles. The Morgan fingerprint density at radius 1 is 1.19 bits per heavy atom. The number of morpholine rings is 1. The fourth-order valence-electron chi connectivity index (χ4n) is 2.86. The minimum absolute atomic E-state index is 0.403. The van der Waals surface area contributed by atoms with Crippen LogP contribution in [0.25, 0.3) is 0 Å². The van der Waals surface area contributed by atoms with Gasteiger partial charge >= 0.3 is 0 Å². The number of hydrogen-bond donors (Lipinski definition) is 1. The third-order valence-electron chi connectivity index (χ3n) is 4.08. The fourth-order valence-corrected chi connectivity index (χ4v) is 3.10. The van der Waals surface area contributed by atoms with E-state index in [4.69, 9.17) is 21.1 Å². The number of nitrogens with zero attached hydrogens (tertiary/aromatic N) is 1. The first-order valence-electron chi connectivity index (χ1n) is 7.74. The third-order valence-corrected chi connectivity index (χ3v) is 4.43. The molecule has 2 fully saturated rings. The van der Waals surface area contributed by atoms with Gasteiger partial charge in [0.2, 0.25) is 0 Å². The van der Waals surface area contributed by atoms with Crippen LogP contribution in [0.5, 0.6) is 0 Å². The van der Waals surface area contributed by atoms with E-state index in [1.165, 1.54) is 5.56 Å². The highest BCUT2D eigenvalue weighted by atomic mass is 35.5. The van der Waals surface area contributed by atoms with Crippen LogP contribution in [0.1, 0.15) is 18.4 Å². The molecule has 2 aliphatic heterocycles. The molecule has 2 aliphatic rings. The molecule has 0 amide bonds. The molecule has 0 aliphatic carbocycles. The lowest BCUT2D eigenvalue weighted by atomic mass is 10.1. The standard InChI is InChI=1S/C16H23ClN2O2/c17-16-10-14(18-15-2-1-7-21-12-15)4-3-13(16)11-19-5-8-20-9-6-19/h3-4,10,15,18H,1-2,5-9,11-12H2/t15-/m0/s1. The summed E-state index contributed by atoms with van der Waals surface area (Å²) in [6.45, 7) is 6.17. The van der Waals surface area contributed by atoms with Gasteiger partial charge in [0.1, 0.15) is 0 Å². The first-order chi connectivity index (χ1) is 10.3. The van der Waals surface area contributed by atoms with Crippen molar-refractivity contribution < 1.29 is 9.47 Å². The Morgan fingerprint density at radius 3 is 2.76 bits per heavy atom. The second-order valence-corrected chi connectivity index (χ2v) is 6.16. The van der Waals surface area contributed by atoms with E-state index in [1.54, 1.807) is 0 Å². The quantitative estimate of drug-likeness (QED) is 0.927. The van der Waals surface area contributed by atoms with E-state index in [0.717, 1.165) is 69.6 Å². The van der Waals surface area contributed by atoms with Gasteiger partial charge in [0.05, 0.1) is 19.8 Å². The molecule has 2 heterocycles. The molecular weight excluding hydrogens is 288 g/mol. The summed E-state index contributed by atoms with van der Waals surface area (Å²) >= 11 is 6.44. The molecule has 0 aromatic heterocycles. The number of hydrogen-bond acceptors (Lipinski definition) is 4. The Morgan fingerprint density at radius 2 is 2.05 bits per heavy atom. The van der Waals surface area contributed by atoms with Crippen molar-refractivity contribution in [2.75, 3.05) is 44.8 Å². The second kappa shape index (κ2) is 7.45. The maximum absolute atomic E-state index is 6.44. The van der Waals surface area contributed by atoms with Gasteiger partial charge in [-0.3, -0.25) is 4.90 Å². The van der Waals surface area contributed by atoms with Crippen molar-refractivity contribution in [1.29, 1.82) is 0 Å². The fraction of sp³-hybridized carbons (Fsp3) is 0.625. The van der Waals surface area contributed by atoms with Gasteiger partial charge in [0.25, 0.3) is 0 Å². The average molecular weight is 311 g/mol. The molecule has 21 heavy (non-hydrogen) atoms. The zero-order valence-corrected chi connectivity index (χ0v) is 13.1. The number of ether oxygens (including phenoxy) is 2. The number of nitrogens with one attached hydrogen (secondary N) is 1. The zero-order valence-electron chi connectivity index (χ0n) is 12.3. The van der Waals surface area contributed by atoms with Crippen molar-refractivity contribution >= 4 is 17.3 Å². The number of anilines is 1. The molecular formula is C16H23ClN2O2. The molecule has 5 heteroatoms. The SMILES string of the molecule is Clc1cc(N[C@H]2CCCOC2)ccc1CN1CCOCC1. The lowest BCUT2D eigenvalue weighted by molar-refractivity contribution is 0.0342. The van der Waals surface area contributed by atoms with Gasteiger partial charge in [0.15, 0.2) is 0 Å². The van der Waals surface area contributed by atoms with Gasteiger partial charge in [0, 0.05) is 43.0 Å². The Balaban J connectivity index is 1.59. The number of halogens is 1. The summed E-state index contributed by atoms with van der Waals surface area (Å²) in [4.78, 5) is 2.38. The molecule has 0 unspecified atom stereocenters. The van der Waals surface area contributed by atoms with Gasteiger partial charge in [-0.1, -0.05) is 17.7 Å². The maximum Gasteiger partial charge on any atom is 0.0667 e. The molecule has 1 atom stereocenters. The van der Waals surface area contributed by atoms with E-state index in [2.05, 4.69) is 22.3 Å². The predicted octanol–water partition coefficient (Wildman–Crippen LogP) is 2.76. The Labute approximate surface area is 131 Å². The van der Waals surface area contributed by atoms with Gasteiger partial charge in [-0.25, -0.2) is 0 Å². The van der Waals surface area contributed by atoms with Crippen molar-refractivity contribution in [3.05, 3.63) is 28.8 Å². The molecule has 4 nitrogen and oxygen atoms in total. The van der Waals surface area contributed by atoms with Crippen LogP contribution in [0, 0.1) is 0 Å². The highest BCUT2D eigenvalue weighted by Crippen LogP contribution is 2.24. The van der Waals surface area contributed by atoms with Crippen LogP contribution in [-0.4, -0.2) is 50.5 Å². The highest BCUT2D eigenvalue weighted by molar-refractivity contribution is 6.31. The van der Waals surface area contributed by atoms with Gasteiger partial charge in [-0.15, -0.1) is 0 Å². The largest absolute Gasteiger partial charge is 0.380 e. The van der Waals surface area contributed by atoms with E-state index in [0.29, 0.717) is 6.04 Å². The monoisotopic (exact) mass is 310 g/mol.